The van der Waals surface area contributed by atoms with Crippen molar-refractivity contribution in [2.24, 2.45) is 0 Å². The minimum atomic E-state index is -0.0232. The molecule has 1 aliphatic heterocycles. The second kappa shape index (κ2) is 5.36. The normalized spacial score (nSPS) is 16.3. The number of carbonyl (C=O) groups is 1. The van der Waals surface area contributed by atoms with Crippen molar-refractivity contribution in [1.82, 2.24) is 4.90 Å². The van der Waals surface area contributed by atoms with E-state index in [1.165, 1.54) is 11.1 Å². The zero-order valence-corrected chi connectivity index (χ0v) is 11.3. The molecule has 0 aliphatic carbocycles. The highest BCUT2D eigenvalue weighted by atomic mass is 16.1. The number of rotatable bonds is 2. The number of benzene rings is 1. The summed E-state index contributed by atoms with van der Waals surface area (Å²) >= 11 is 0. The number of nitrogens with one attached hydrogen (secondary N) is 1. The Morgan fingerprint density at radius 2 is 2.17 bits per heavy atom. The molecule has 1 heterocycles. The quantitative estimate of drug-likeness (QED) is 0.867. The third-order valence-electron chi connectivity index (χ3n) is 3.26. The van der Waals surface area contributed by atoms with Crippen molar-refractivity contribution in [3.05, 3.63) is 35.4 Å². The monoisotopic (exact) mass is 244 g/mol. The Bertz CT molecular complexity index is 491. The average molecular weight is 244 g/mol. The van der Waals surface area contributed by atoms with Gasteiger partial charge in [-0.3, -0.25) is 4.79 Å². The van der Waals surface area contributed by atoms with Crippen LogP contribution in [0, 0.1) is 6.92 Å². The van der Waals surface area contributed by atoms with E-state index in [4.69, 9.17) is 0 Å². The van der Waals surface area contributed by atoms with Crippen LogP contribution >= 0.6 is 0 Å². The molecule has 0 aromatic heterocycles. The van der Waals surface area contributed by atoms with Gasteiger partial charge in [0.1, 0.15) is 0 Å². The predicted octanol–water partition coefficient (Wildman–Crippen LogP) is 2.67. The fourth-order valence-corrected chi connectivity index (χ4v) is 2.25. The Hall–Kier alpha value is -1.61. The average Bonchev–Trinajstić information content (AvgIpc) is 2.31. The first-order chi connectivity index (χ1) is 8.56. The van der Waals surface area contributed by atoms with Crippen LogP contribution in [0.4, 0.5) is 5.69 Å². The molecule has 0 atom stereocenters. The van der Waals surface area contributed by atoms with Crippen LogP contribution in [-0.2, 0) is 4.79 Å². The molecule has 0 spiro atoms. The summed E-state index contributed by atoms with van der Waals surface area (Å²) in [5.41, 5.74) is 4.55. The molecule has 0 unspecified atom stereocenters. The molecule has 3 nitrogen and oxygen atoms in total. The Balaban J connectivity index is 2.29. The van der Waals surface area contributed by atoms with Gasteiger partial charge in [0, 0.05) is 25.7 Å². The molecular formula is C15H20N2O. The van der Waals surface area contributed by atoms with Crippen LogP contribution in [0.5, 0.6) is 0 Å². The number of hydrogen-bond donors (Lipinski definition) is 1. The number of amides is 1. The molecule has 2 rings (SSSR count). The van der Waals surface area contributed by atoms with Gasteiger partial charge < -0.3 is 10.2 Å². The van der Waals surface area contributed by atoms with Crippen molar-refractivity contribution in [3.63, 3.8) is 0 Å². The summed E-state index contributed by atoms with van der Waals surface area (Å²) in [7, 11) is 2.13. The van der Waals surface area contributed by atoms with Gasteiger partial charge in [0.05, 0.1) is 0 Å². The fraction of sp³-hybridized carbons (Fsp3) is 0.400. The molecule has 18 heavy (non-hydrogen) atoms. The van der Waals surface area contributed by atoms with Crippen LogP contribution in [0.1, 0.15) is 24.5 Å². The second-order valence-electron chi connectivity index (χ2n) is 4.97. The van der Waals surface area contributed by atoms with E-state index in [-0.39, 0.29) is 5.91 Å². The number of hydrogen-bond acceptors (Lipinski definition) is 2. The highest BCUT2D eigenvalue weighted by molar-refractivity contribution is 5.90. The standard InChI is InChI=1S/C15H20N2O/c1-11-6-7-13(9-15(11)16-12(2)18)14-5-4-8-17(3)10-14/h5-7,9H,4,8,10H2,1-3H3,(H,16,18). The van der Waals surface area contributed by atoms with Crippen LogP contribution in [0.25, 0.3) is 5.57 Å². The highest BCUT2D eigenvalue weighted by Gasteiger charge is 2.11. The van der Waals surface area contributed by atoms with Crippen molar-refractivity contribution in [2.45, 2.75) is 20.3 Å². The Kier molecular flexibility index (Phi) is 3.82. The Morgan fingerprint density at radius 1 is 1.39 bits per heavy atom. The third kappa shape index (κ3) is 2.99. The lowest BCUT2D eigenvalue weighted by Gasteiger charge is -2.23. The summed E-state index contributed by atoms with van der Waals surface area (Å²) in [4.78, 5) is 13.5. The molecule has 0 radical (unpaired) electrons. The zero-order chi connectivity index (χ0) is 13.1. The van der Waals surface area contributed by atoms with Crippen LogP contribution in [-0.4, -0.2) is 30.9 Å². The molecule has 1 amide bonds. The smallest absolute Gasteiger partial charge is 0.221 e. The third-order valence-corrected chi connectivity index (χ3v) is 3.26. The number of carbonyl (C=O) groups excluding carboxylic acids is 1. The van der Waals surface area contributed by atoms with Gasteiger partial charge in [-0.2, -0.15) is 0 Å². The van der Waals surface area contributed by atoms with Gasteiger partial charge in [-0.1, -0.05) is 18.2 Å². The van der Waals surface area contributed by atoms with Gasteiger partial charge in [0.2, 0.25) is 5.91 Å². The first-order valence-electron chi connectivity index (χ1n) is 6.32. The van der Waals surface area contributed by atoms with Gasteiger partial charge in [-0.05, 0) is 43.2 Å². The van der Waals surface area contributed by atoms with Crippen molar-refractivity contribution < 1.29 is 4.79 Å². The molecule has 0 saturated heterocycles. The summed E-state index contributed by atoms with van der Waals surface area (Å²) in [5, 5.41) is 2.88. The molecule has 1 N–H and O–H groups in total. The minimum absolute atomic E-state index is 0.0232. The number of nitrogens with zero attached hydrogens (tertiary/aromatic N) is 1. The van der Waals surface area contributed by atoms with E-state index < -0.39 is 0 Å². The summed E-state index contributed by atoms with van der Waals surface area (Å²) in [6.45, 7) is 5.65. The van der Waals surface area contributed by atoms with Gasteiger partial charge in [0.25, 0.3) is 0 Å². The molecule has 1 aromatic rings. The predicted molar refractivity (Wildman–Crippen MR) is 75.6 cm³/mol. The molecule has 1 aromatic carbocycles. The van der Waals surface area contributed by atoms with Gasteiger partial charge in [-0.15, -0.1) is 0 Å². The number of likely N-dealkylation sites (N-methyl/N-ethyl adjacent to an activating group) is 1. The first-order valence-corrected chi connectivity index (χ1v) is 6.32. The van der Waals surface area contributed by atoms with E-state index >= 15 is 0 Å². The zero-order valence-electron chi connectivity index (χ0n) is 11.3. The van der Waals surface area contributed by atoms with Crippen LogP contribution in [0.15, 0.2) is 24.3 Å². The van der Waals surface area contributed by atoms with Gasteiger partial charge in [0.15, 0.2) is 0 Å². The van der Waals surface area contributed by atoms with E-state index in [1.807, 2.05) is 6.92 Å². The van der Waals surface area contributed by atoms with E-state index in [0.717, 1.165) is 30.8 Å². The van der Waals surface area contributed by atoms with E-state index in [1.54, 1.807) is 6.92 Å². The van der Waals surface area contributed by atoms with E-state index in [2.05, 4.69) is 41.5 Å². The summed E-state index contributed by atoms with van der Waals surface area (Å²) in [6.07, 6.45) is 3.39. The first kappa shape index (κ1) is 12.8. The molecule has 0 fully saturated rings. The Morgan fingerprint density at radius 3 is 2.83 bits per heavy atom. The van der Waals surface area contributed by atoms with Crippen LogP contribution in [0.2, 0.25) is 0 Å². The number of anilines is 1. The van der Waals surface area contributed by atoms with Crippen molar-refractivity contribution in [3.8, 4) is 0 Å². The summed E-state index contributed by atoms with van der Waals surface area (Å²) < 4.78 is 0. The largest absolute Gasteiger partial charge is 0.326 e. The lowest BCUT2D eigenvalue weighted by atomic mass is 9.99. The second-order valence-corrected chi connectivity index (χ2v) is 4.97. The highest BCUT2D eigenvalue weighted by Crippen LogP contribution is 2.25. The molecule has 96 valence electrons. The van der Waals surface area contributed by atoms with Crippen molar-refractivity contribution >= 4 is 17.2 Å². The molecular weight excluding hydrogens is 224 g/mol. The molecule has 3 heteroatoms. The van der Waals surface area contributed by atoms with Crippen molar-refractivity contribution in [1.29, 1.82) is 0 Å². The lowest BCUT2D eigenvalue weighted by Crippen LogP contribution is -2.25. The van der Waals surface area contributed by atoms with E-state index in [9.17, 15) is 4.79 Å². The summed E-state index contributed by atoms with van der Waals surface area (Å²) in [5.74, 6) is -0.0232. The molecule has 0 bridgehead atoms. The topological polar surface area (TPSA) is 32.3 Å². The van der Waals surface area contributed by atoms with Crippen LogP contribution in [0.3, 0.4) is 0 Å². The van der Waals surface area contributed by atoms with Crippen LogP contribution < -0.4 is 5.32 Å². The van der Waals surface area contributed by atoms with Gasteiger partial charge >= 0.3 is 0 Å². The van der Waals surface area contributed by atoms with E-state index in [0.29, 0.717) is 0 Å². The van der Waals surface area contributed by atoms with Gasteiger partial charge in [-0.25, -0.2) is 0 Å². The molecule has 0 saturated carbocycles. The fourth-order valence-electron chi connectivity index (χ4n) is 2.25. The summed E-state index contributed by atoms with van der Waals surface area (Å²) in [6, 6.07) is 6.27. The number of aryl methyl sites for hydroxylation is 1. The maximum atomic E-state index is 11.2. The SMILES string of the molecule is CC(=O)Nc1cc(C2=CCCN(C)C2)ccc1C. The maximum absolute atomic E-state index is 11.2. The maximum Gasteiger partial charge on any atom is 0.221 e. The minimum Gasteiger partial charge on any atom is -0.326 e. The Labute approximate surface area is 108 Å². The molecule has 1 aliphatic rings. The van der Waals surface area contributed by atoms with Crippen molar-refractivity contribution in [2.75, 3.05) is 25.5 Å². The lowest BCUT2D eigenvalue weighted by molar-refractivity contribution is -0.114.